The van der Waals surface area contributed by atoms with Crippen molar-refractivity contribution >= 4 is 101 Å². The molecule has 3 saturated heterocycles. The number of nitrogens with zero attached hydrogens (tertiary/aromatic N) is 5. The minimum atomic E-state index is -1.14. The van der Waals surface area contributed by atoms with Crippen LogP contribution in [0.25, 0.3) is 0 Å². The number of carbonyl (C=O) groups is 14. The molecule has 0 aromatic heterocycles. The maximum Gasteiger partial charge on any atom is 0.407 e. The first-order valence-electron chi connectivity index (χ1n) is 40.0. The summed E-state index contributed by atoms with van der Waals surface area (Å²) in [7, 11) is 9.97. The van der Waals surface area contributed by atoms with Gasteiger partial charge in [-0.25, -0.2) is 14.4 Å². The van der Waals surface area contributed by atoms with E-state index in [1.165, 1.54) is 30.9 Å². The number of likely N-dealkylation sites (N-methyl/N-ethyl adjacent to an activating group) is 2. The third-order valence-corrected chi connectivity index (χ3v) is 23.7. The lowest BCUT2D eigenvalue weighted by Gasteiger charge is -2.41. The van der Waals surface area contributed by atoms with Crippen molar-refractivity contribution in [3.8, 4) is 5.75 Å². The number of hydrogen-bond acceptors (Lipinski definition) is 21. The lowest BCUT2D eigenvalue weighted by Crippen LogP contribution is -2.59. The first-order valence-corrected chi connectivity index (χ1v) is 41.0. The number of benzene rings is 2. The molecule has 3 aliphatic heterocycles. The monoisotopic (exact) mass is 1620 g/mol. The molecule has 14 amide bonds. The summed E-state index contributed by atoms with van der Waals surface area (Å²) in [5, 5.41) is 19.8. The van der Waals surface area contributed by atoms with Gasteiger partial charge in [0.2, 0.25) is 53.2 Å². The fourth-order valence-electron chi connectivity index (χ4n) is 15.1. The Kier molecular flexibility index (Phi) is 36.9. The van der Waals surface area contributed by atoms with E-state index in [4.69, 9.17) is 29.5 Å². The van der Waals surface area contributed by atoms with Crippen LogP contribution in [0.15, 0.2) is 48.5 Å². The average molecular weight is 1620 g/mol. The number of ether oxygens (including phenoxy) is 4. The van der Waals surface area contributed by atoms with Crippen molar-refractivity contribution in [3.63, 3.8) is 0 Å². The highest BCUT2D eigenvalue weighted by Crippen LogP contribution is 2.52. The van der Waals surface area contributed by atoms with Gasteiger partial charge in [0.15, 0.2) is 0 Å². The minimum Gasteiger partial charge on any atom is -0.497 e. The number of likely N-dealkylation sites (tertiary alicyclic amines) is 2. The Morgan fingerprint density at radius 2 is 1.37 bits per heavy atom. The SMILES string of the molecule is CC[C@H](C)C([C@@H](CC(=O)N1CCC[C@H]1[C@H](OC)[C@@H](C)C(=O)N[C@H](C)C(CNC(=O)OCc1ccc(NC(=O)[C@H](CCCNC(N)=O)NC(=O)[C@@H](NC(=O)CCCCCN2C(=O)CC(SCC3(CC(=O)ON4C(=O)CCC4=O)CC3)C2=O)C(C)C)cc1)c1ccc(OC)cc1)OC)N(C)C(=O)[C@@H](NC(=O)[C@H](C(C)C)N(C)C)C(C)C. The zero-order valence-corrected chi connectivity index (χ0v) is 70.2. The summed E-state index contributed by atoms with van der Waals surface area (Å²) in [4.78, 5) is 198. The number of thioether (sulfide) groups is 1. The van der Waals surface area contributed by atoms with Crippen molar-refractivity contribution < 1.29 is 90.9 Å². The smallest absolute Gasteiger partial charge is 0.407 e. The van der Waals surface area contributed by atoms with Gasteiger partial charge in [-0.3, -0.25) is 62.5 Å². The summed E-state index contributed by atoms with van der Waals surface area (Å²) in [5.74, 6) is -6.24. The first kappa shape index (κ1) is 93.9. The van der Waals surface area contributed by atoms with Crippen LogP contribution in [0.4, 0.5) is 15.3 Å². The summed E-state index contributed by atoms with van der Waals surface area (Å²) >= 11 is 1.30. The summed E-state index contributed by atoms with van der Waals surface area (Å²) in [5.41, 5.74) is 6.51. The van der Waals surface area contributed by atoms with Crippen LogP contribution in [0, 0.1) is 35.0 Å². The van der Waals surface area contributed by atoms with Gasteiger partial charge in [-0.05, 0) is 137 Å². The molecule has 0 bridgehead atoms. The maximum absolute atomic E-state index is 14.7. The van der Waals surface area contributed by atoms with E-state index in [1.54, 1.807) is 81.1 Å². The van der Waals surface area contributed by atoms with Crippen LogP contribution in [-0.4, -0.2) is 242 Å². The molecule has 33 heteroatoms. The van der Waals surface area contributed by atoms with Crippen molar-refractivity contribution in [1.82, 2.24) is 56.6 Å². The van der Waals surface area contributed by atoms with Crippen molar-refractivity contribution in [2.75, 3.05) is 79.7 Å². The highest BCUT2D eigenvalue weighted by Gasteiger charge is 2.49. The second-order valence-electron chi connectivity index (χ2n) is 32.0. The fraction of sp³-hybridized carbons (Fsp3) is 0.679. The molecule has 2 aromatic carbocycles. The molecular formula is C81H125N13O19S. The van der Waals surface area contributed by atoms with Gasteiger partial charge in [-0.1, -0.05) is 99.4 Å². The Morgan fingerprint density at radius 1 is 0.711 bits per heavy atom. The molecule has 4 fully saturated rings. The Labute approximate surface area is 675 Å². The van der Waals surface area contributed by atoms with Gasteiger partial charge in [-0.2, -0.15) is 0 Å². The average Bonchev–Trinajstić information content (AvgIpc) is 1.46. The van der Waals surface area contributed by atoms with Crippen LogP contribution in [0.5, 0.6) is 5.75 Å². The van der Waals surface area contributed by atoms with Crippen LogP contribution in [0.1, 0.15) is 189 Å². The Balaban J connectivity index is 0.990. The predicted molar refractivity (Wildman–Crippen MR) is 427 cm³/mol. The summed E-state index contributed by atoms with van der Waals surface area (Å²) < 4.78 is 23.3. The third-order valence-electron chi connectivity index (χ3n) is 22.1. The van der Waals surface area contributed by atoms with Crippen LogP contribution >= 0.6 is 11.8 Å². The number of nitrogens with one attached hydrogen (secondary N) is 7. The molecule has 3 unspecified atom stereocenters. The summed E-state index contributed by atoms with van der Waals surface area (Å²) in [6.45, 7) is 19.3. The largest absolute Gasteiger partial charge is 0.497 e. The van der Waals surface area contributed by atoms with Crippen LogP contribution in [-0.2, 0) is 83.2 Å². The molecule has 2 aromatic rings. The molecule has 9 N–H and O–H groups in total. The number of anilines is 1. The van der Waals surface area contributed by atoms with Gasteiger partial charge in [-0.15, -0.1) is 16.8 Å². The maximum atomic E-state index is 14.7. The molecule has 0 spiro atoms. The zero-order chi connectivity index (χ0) is 84.4. The number of unbranched alkanes of at least 4 members (excludes halogenated alkanes) is 2. The van der Waals surface area contributed by atoms with Crippen LogP contribution < -0.4 is 47.7 Å². The fourth-order valence-corrected chi connectivity index (χ4v) is 16.6. The van der Waals surface area contributed by atoms with E-state index in [9.17, 15) is 67.1 Å². The van der Waals surface area contributed by atoms with Crippen molar-refractivity contribution in [2.45, 2.75) is 244 Å². The third kappa shape index (κ3) is 27.1. The highest BCUT2D eigenvalue weighted by molar-refractivity contribution is 8.00. The minimum absolute atomic E-state index is 0.00945. The van der Waals surface area contributed by atoms with E-state index >= 15 is 0 Å². The van der Waals surface area contributed by atoms with Crippen LogP contribution in [0.3, 0.4) is 0 Å². The molecule has 13 atom stereocenters. The summed E-state index contributed by atoms with van der Waals surface area (Å²) in [6.07, 6.45) is 2.60. The molecular weight excluding hydrogens is 1490 g/mol. The van der Waals surface area contributed by atoms with E-state index in [2.05, 4.69) is 37.2 Å². The quantitative estimate of drug-likeness (QED) is 0.0275. The van der Waals surface area contributed by atoms with Gasteiger partial charge < -0.3 is 76.5 Å². The Hall–Kier alpha value is -8.95. The lowest BCUT2D eigenvalue weighted by molar-refractivity contribution is -0.198. The number of primary amides is 1. The standard InChI is InChI=1S/C81H125N13O19S/c1-17-50(8)71(91(13)78(106)69(48(4)5)89-76(104)70(49(6)7)90(11)12)60(110-15)41-65(98)92-40-22-24-59(92)72(111-16)51(9)73(101)85-52(10)57(54-28-32-56(109-14)33-29-54)44-84-80(108)112-45-53-26-30-55(31-27-53)86-74(102)58(23-21-38-83-79(82)107)87-75(103)68(47(2)3)88-62(95)25-19-18-20-39-93-66(99)42-61(77(93)105)114-46-81(36-37-81)43-67(100)113-94-63(96)34-35-64(94)97/h26-33,47-52,57-61,68-72H,17-25,34-46H2,1-16H3,(H,84,108)(H,85,101)(H,86,102)(H,87,103)(H,88,95)(H,89,104)(H3,82,83,107)/t50-,51+,52+,57?,58-,59-,60+,61?,68-,69-,70-,71?,72+/m0/s1. The highest BCUT2D eigenvalue weighted by atomic mass is 32.2. The number of carbonyl (C=O) groups excluding carboxylic acids is 14. The van der Waals surface area contributed by atoms with E-state index in [-0.39, 0.29) is 131 Å². The second kappa shape index (κ2) is 44.8. The number of methoxy groups -OCH3 is 3. The number of alkyl carbamates (subject to hydrolysis) is 1. The number of urea groups is 1. The van der Waals surface area contributed by atoms with Gasteiger partial charge >= 0.3 is 18.1 Å². The van der Waals surface area contributed by atoms with Crippen molar-refractivity contribution in [2.24, 2.45) is 40.7 Å². The molecule has 0 radical (unpaired) electrons. The molecule has 634 valence electrons. The zero-order valence-electron chi connectivity index (χ0n) is 69.4. The molecule has 1 aliphatic carbocycles. The molecule has 1 saturated carbocycles. The topological polar surface area (TPSA) is 412 Å². The van der Waals surface area contributed by atoms with E-state index in [0.717, 1.165) is 5.56 Å². The van der Waals surface area contributed by atoms with Gasteiger partial charge in [0.05, 0.1) is 61.5 Å². The molecule has 3 heterocycles. The molecule has 4 aliphatic rings. The van der Waals surface area contributed by atoms with Gasteiger partial charge in [0.25, 0.3) is 11.8 Å². The van der Waals surface area contributed by atoms with Gasteiger partial charge in [0.1, 0.15) is 30.5 Å². The Morgan fingerprint density at radius 3 is 1.95 bits per heavy atom. The summed E-state index contributed by atoms with van der Waals surface area (Å²) in [6, 6.07) is 7.86. The van der Waals surface area contributed by atoms with Crippen molar-refractivity contribution in [1.29, 1.82) is 0 Å². The molecule has 32 nitrogen and oxygen atoms in total. The normalized spacial score (nSPS) is 18.9. The second-order valence-corrected chi connectivity index (χ2v) is 33.2. The van der Waals surface area contributed by atoms with Gasteiger partial charge in [0, 0.05) is 96.5 Å². The number of imide groups is 2. The predicted octanol–water partition coefficient (Wildman–Crippen LogP) is 6.07. The van der Waals surface area contributed by atoms with Crippen molar-refractivity contribution in [3.05, 3.63) is 59.7 Å². The number of nitrogens with two attached hydrogens (primary N) is 1. The first-order chi connectivity index (χ1) is 54.0. The lowest BCUT2D eigenvalue weighted by atomic mass is 9.89. The number of hydrogen-bond donors (Lipinski definition) is 8. The van der Waals surface area contributed by atoms with E-state index < -0.39 is 131 Å². The van der Waals surface area contributed by atoms with Crippen LogP contribution in [0.2, 0.25) is 0 Å². The van der Waals surface area contributed by atoms with E-state index in [0.29, 0.717) is 85.7 Å². The van der Waals surface area contributed by atoms with E-state index in [1.807, 2.05) is 79.6 Å². The number of amides is 14. The number of hydroxylamine groups is 2. The number of rotatable bonds is 47. The molecule has 114 heavy (non-hydrogen) atoms. The molecule has 6 rings (SSSR count). The Bertz CT molecular complexity index is 3610.